The summed E-state index contributed by atoms with van der Waals surface area (Å²) in [5.74, 6) is 0. The van der Waals surface area contributed by atoms with Crippen molar-refractivity contribution in [3.8, 4) is 0 Å². The number of halogens is 1. The summed E-state index contributed by atoms with van der Waals surface area (Å²) in [4.78, 5) is 5.76. The lowest BCUT2D eigenvalue weighted by Gasteiger charge is -2.07. The van der Waals surface area contributed by atoms with Gasteiger partial charge < -0.3 is 5.73 Å². The van der Waals surface area contributed by atoms with Crippen molar-refractivity contribution in [3.05, 3.63) is 36.9 Å². The molecule has 2 rings (SSSR count). The first-order valence-electron chi connectivity index (χ1n) is 5.04. The van der Waals surface area contributed by atoms with Crippen LogP contribution in [0.15, 0.2) is 21.3 Å². The second kappa shape index (κ2) is 5.40. The molecular weight excluding hydrogens is 304 g/mol. The van der Waals surface area contributed by atoms with Gasteiger partial charge in [0, 0.05) is 22.7 Å². The van der Waals surface area contributed by atoms with Crippen molar-refractivity contribution in [2.75, 3.05) is 0 Å². The molecule has 2 aromatic heterocycles. The van der Waals surface area contributed by atoms with Gasteiger partial charge in [-0.05, 0) is 41.4 Å². The molecule has 0 amide bonds. The zero-order valence-corrected chi connectivity index (χ0v) is 12.2. The van der Waals surface area contributed by atoms with Crippen LogP contribution in [-0.4, -0.2) is 11.0 Å². The van der Waals surface area contributed by atoms with Crippen molar-refractivity contribution in [1.29, 1.82) is 0 Å². The quantitative estimate of drug-likeness (QED) is 0.939. The molecule has 1 atom stereocenters. The highest BCUT2D eigenvalue weighted by Gasteiger charge is 2.09. The minimum absolute atomic E-state index is 0.159. The third-order valence-electron chi connectivity index (χ3n) is 2.23. The third-order valence-corrected chi connectivity index (χ3v) is 4.70. The van der Waals surface area contributed by atoms with Gasteiger partial charge in [0.25, 0.3) is 0 Å². The molecule has 2 nitrogen and oxygen atoms in total. The van der Waals surface area contributed by atoms with Crippen molar-refractivity contribution in [2.45, 2.75) is 25.8 Å². The zero-order valence-electron chi connectivity index (χ0n) is 8.94. The van der Waals surface area contributed by atoms with Crippen LogP contribution in [0.3, 0.4) is 0 Å². The van der Waals surface area contributed by atoms with Crippen LogP contribution in [-0.2, 0) is 12.8 Å². The maximum Gasteiger partial charge on any atom is 0.0897 e. The molecule has 1 unspecified atom stereocenters. The maximum absolute atomic E-state index is 6.11. The highest BCUT2D eigenvalue weighted by atomic mass is 79.9. The fourth-order valence-corrected chi connectivity index (χ4v) is 3.76. The number of thiazole rings is 1. The molecule has 0 spiro atoms. The van der Waals surface area contributed by atoms with Gasteiger partial charge in [0.2, 0.25) is 0 Å². The smallest absolute Gasteiger partial charge is 0.0897 e. The van der Waals surface area contributed by atoms with Crippen LogP contribution in [0.1, 0.15) is 15.6 Å². The Hall–Kier alpha value is -0.230. The molecule has 0 fully saturated rings. The number of nitrogens with two attached hydrogens (primary N) is 1. The van der Waals surface area contributed by atoms with Crippen LogP contribution < -0.4 is 5.73 Å². The minimum atomic E-state index is 0.159. The molecule has 2 aromatic rings. The minimum Gasteiger partial charge on any atom is -0.327 e. The Morgan fingerprint density at radius 2 is 2.25 bits per heavy atom. The Labute approximate surface area is 112 Å². The highest BCUT2D eigenvalue weighted by Crippen LogP contribution is 2.23. The first-order chi connectivity index (χ1) is 7.63. The van der Waals surface area contributed by atoms with E-state index in [-0.39, 0.29) is 6.04 Å². The number of aromatic nitrogens is 1. The summed E-state index contributed by atoms with van der Waals surface area (Å²) in [6.07, 6.45) is 1.78. The number of nitrogens with zero attached hydrogens (tertiary/aromatic N) is 1. The Morgan fingerprint density at radius 1 is 1.44 bits per heavy atom. The molecule has 2 heterocycles. The Balaban J connectivity index is 1.91. The Morgan fingerprint density at radius 3 is 2.81 bits per heavy atom. The Bertz CT molecular complexity index is 422. The third kappa shape index (κ3) is 3.38. The van der Waals surface area contributed by atoms with Crippen molar-refractivity contribution in [2.24, 2.45) is 5.73 Å². The van der Waals surface area contributed by atoms with Gasteiger partial charge in [0.15, 0.2) is 0 Å². The molecule has 0 radical (unpaired) electrons. The van der Waals surface area contributed by atoms with E-state index >= 15 is 0 Å². The standard InChI is InChI=1S/C11H13BrN2S2/c1-7-14-9(6-15-7)4-8(13)5-10-2-3-11(12)16-10/h2-3,6,8H,4-5,13H2,1H3. The summed E-state index contributed by atoms with van der Waals surface area (Å²) < 4.78 is 1.17. The molecule has 16 heavy (non-hydrogen) atoms. The van der Waals surface area contributed by atoms with Gasteiger partial charge in [0.1, 0.15) is 0 Å². The largest absolute Gasteiger partial charge is 0.327 e. The molecule has 0 aliphatic heterocycles. The van der Waals surface area contributed by atoms with Crippen molar-refractivity contribution >= 4 is 38.6 Å². The van der Waals surface area contributed by atoms with Crippen LogP contribution in [0, 0.1) is 6.92 Å². The highest BCUT2D eigenvalue weighted by molar-refractivity contribution is 9.11. The predicted octanol–water partition coefficient (Wildman–Crippen LogP) is 3.39. The summed E-state index contributed by atoms with van der Waals surface area (Å²) >= 11 is 6.90. The van der Waals surface area contributed by atoms with Gasteiger partial charge in [-0.3, -0.25) is 0 Å². The van der Waals surface area contributed by atoms with Gasteiger partial charge in [-0.25, -0.2) is 4.98 Å². The normalized spacial score (nSPS) is 12.9. The van der Waals surface area contributed by atoms with E-state index in [2.05, 4.69) is 38.4 Å². The molecule has 0 saturated heterocycles. The molecule has 0 aromatic carbocycles. The van der Waals surface area contributed by atoms with Crippen LogP contribution in [0.2, 0.25) is 0 Å². The molecule has 0 saturated carbocycles. The van der Waals surface area contributed by atoms with Crippen LogP contribution in [0.25, 0.3) is 0 Å². The summed E-state index contributed by atoms with van der Waals surface area (Å²) in [6, 6.07) is 4.35. The van der Waals surface area contributed by atoms with E-state index in [4.69, 9.17) is 5.73 Å². The van der Waals surface area contributed by atoms with E-state index in [1.807, 2.05) is 6.92 Å². The molecule has 0 bridgehead atoms. The maximum atomic E-state index is 6.11. The zero-order chi connectivity index (χ0) is 11.5. The number of hydrogen-bond donors (Lipinski definition) is 1. The second-order valence-electron chi connectivity index (χ2n) is 3.73. The van der Waals surface area contributed by atoms with Gasteiger partial charge >= 0.3 is 0 Å². The van der Waals surface area contributed by atoms with Crippen molar-refractivity contribution < 1.29 is 0 Å². The monoisotopic (exact) mass is 316 g/mol. The first kappa shape index (κ1) is 12.2. The van der Waals surface area contributed by atoms with E-state index in [9.17, 15) is 0 Å². The van der Waals surface area contributed by atoms with Crippen LogP contribution in [0.4, 0.5) is 0 Å². The van der Waals surface area contributed by atoms with Crippen molar-refractivity contribution in [3.63, 3.8) is 0 Å². The summed E-state index contributed by atoms with van der Waals surface area (Å²) in [5, 5.41) is 3.21. The second-order valence-corrected chi connectivity index (χ2v) is 7.34. The van der Waals surface area contributed by atoms with Gasteiger partial charge in [-0.1, -0.05) is 0 Å². The average Bonchev–Trinajstić information content (AvgIpc) is 2.76. The van der Waals surface area contributed by atoms with Gasteiger partial charge in [-0.15, -0.1) is 22.7 Å². The topological polar surface area (TPSA) is 38.9 Å². The number of rotatable bonds is 4. The van der Waals surface area contributed by atoms with Gasteiger partial charge in [0.05, 0.1) is 14.5 Å². The van der Waals surface area contributed by atoms with E-state index in [0.29, 0.717) is 0 Å². The average molecular weight is 317 g/mol. The SMILES string of the molecule is Cc1nc(CC(N)Cc2ccc(Br)s2)cs1. The van der Waals surface area contributed by atoms with E-state index in [1.54, 1.807) is 22.7 Å². The lowest BCUT2D eigenvalue weighted by atomic mass is 10.1. The van der Waals surface area contributed by atoms with Gasteiger partial charge in [-0.2, -0.15) is 0 Å². The van der Waals surface area contributed by atoms with Crippen molar-refractivity contribution in [1.82, 2.24) is 4.98 Å². The fraction of sp³-hybridized carbons (Fsp3) is 0.364. The number of thiophene rings is 1. The molecule has 2 N–H and O–H groups in total. The lowest BCUT2D eigenvalue weighted by Crippen LogP contribution is -2.25. The summed E-state index contributed by atoms with van der Waals surface area (Å²) in [5.41, 5.74) is 7.23. The van der Waals surface area contributed by atoms with E-state index in [1.165, 1.54) is 8.66 Å². The first-order valence-corrected chi connectivity index (χ1v) is 7.53. The number of hydrogen-bond acceptors (Lipinski definition) is 4. The van der Waals surface area contributed by atoms with Crippen LogP contribution >= 0.6 is 38.6 Å². The molecular formula is C11H13BrN2S2. The fourth-order valence-electron chi connectivity index (χ4n) is 1.56. The summed E-state index contributed by atoms with van der Waals surface area (Å²) in [6.45, 7) is 2.02. The lowest BCUT2D eigenvalue weighted by molar-refractivity contribution is 0.661. The molecule has 0 aliphatic carbocycles. The van der Waals surface area contributed by atoms with E-state index in [0.717, 1.165) is 23.5 Å². The summed E-state index contributed by atoms with van der Waals surface area (Å²) in [7, 11) is 0. The number of aryl methyl sites for hydroxylation is 1. The van der Waals surface area contributed by atoms with E-state index < -0.39 is 0 Å². The Kier molecular flexibility index (Phi) is 4.13. The molecule has 5 heteroatoms. The predicted molar refractivity (Wildman–Crippen MR) is 74.3 cm³/mol. The molecule has 86 valence electrons. The van der Waals surface area contributed by atoms with Crippen LogP contribution in [0.5, 0.6) is 0 Å². The molecule has 0 aliphatic rings.